The smallest absolute Gasteiger partial charge is 0.329 e. The van der Waals surface area contributed by atoms with E-state index < -0.39 is 22.0 Å². The van der Waals surface area contributed by atoms with Crippen LogP contribution in [0.25, 0.3) is 0 Å². The van der Waals surface area contributed by atoms with Crippen molar-refractivity contribution in [1.82, 2.24) is 0 Å². The normalized spacial score (nSPS) is 9.25. The maximum Gasteiger partial charge on any atom is 0.329 e. The first kappa shape index (κ1) is 13.7. The molecule has 0 fully saturated rings. The molecule has 12 heavy (non-hydrogen) atoms. The lowest BCUT2D eigenvalue weighted by Crippen LogP contribution is -2.00. The molecule has 0 amide bonds. The van der Waals surface area contributed by atoms with Crippen LogP contribution in [0.3, 0.4) is 0 Å². The summed E-state index contributed by atoms with van der Waals surface area (Å²) in [6, 6.07) is 0. The van der Waals surface area contributed by atoms with Gasteiger partial charge in [-0.2, -0.15) is 8.42 Å². The van der Waals surface area contributed by atoms with Gasteiger partial charge in [0.05, 0.1) is 7.11 Å². The summed E-state index contributed by atoms with van der Waals surface area (Å²) in [5, 5.41) is 7.56. The Morgan fingerprint density at radius 2 is 2.00 bits per heavy atom. The number of aliphatic hydroxyl groups excluding tert-OH is 1. The van der Waals surface area contributed by atoms with Crippen LogP contribution in [0, 0.1) is 0 Å². The molecule has 0 aromatic heterocycles. The second-order valence-corrected chi connectivity index (χ2v) is 2.86. The summed E-state index contributed by atoms with van der Waals surface area (Å²) in [5.74, 6) is -1.59. The summed E-state index contributed by atoms with van der Waals surface area (Å²) < 4.78 is 30.3. The Labute approximate surface area is 70.2 Å². The molecule has 0 radical (unpaired) electrons. The van der Waals surface area contributed by atoms with E-state index in [1.807, 2.05) is 0 Å². The van der Waals surface area contributed by atoms with Crippen LogP contribution in [0.5, 0.6) is 0 Å². The van der Waals surface area contributed by atoms with E-state index in [4.69, 9.17) is 9.66 Å². The van der Waals surface area contributed by atoms with Gasteiger partial charge in [-0.25, -0.2) is 4.79 Å². The van der Waals surface area contributed by atoms with Crippen molar-refractivity contribution in [3.63, 3.8) is 0 Å². The minimum absolute atomic E-state index is 0.394. The van der Waals surface area contributed by atoms with Crippen molar-refractivity contribution in [3.05, 3.63) is 12.7 Å². The molecule has 0 unspecified atom stereocenters. The number of hydrogen-bond donors (Lipinski definition) is 2. The Hall–Kier alpha value is -0.920. The summed E-state index contributed by atoms with van der Waals surface area (Å²) in [4.78, 5) is 9.84. The van der Waals surface area contributed by atoms with Gasteiger partial charge in [-0.3, -0.25) is 4.55 Å². The van der Waals surface area contributed by atoms with Crippen LogP contribution in [-0.2, 0) is 19.6 Å². The van der Waals surface area contributed by atoms with Crippen molar-refractivity contribution >= 4 is 16.1 Å². The zero-order chi connectivity index (χ0) is 10.2. The highest BCUT2D eigenvalue weighted by Gasteiger charge is 1.95. The number of rotatable bonds is 2. The molecule has 0 atom stereocenters. The highest BCUT2D eigenvalue weighted by Crippen LogP contribution is 1.71. The molecule has 0 saturated carbocycles. The van der Waals surface area contributed by atoms with Gasteiger partial charge >= 0.3 is 5.97 Å². The quantitative estimate of drug-likeness (QED) is 0.341. The Kier molecular flexibility index (Phi) is 7.70. The van der Waals surface area contributed by atoms with Crippen molar-refractivity contribution in [2.75, 3.05) is 13.0 Å². The predicted octanol–water partition coefficient (Wildman–Crippen LogP) is -0.831. The zero-order valence-electron chi connectivity index (χ0n) is 6.43. The van der Waals surface area contributed by atoms with Gasteiger partial charge < -0.3 is 9.84 Å². The van der Waals surface area contributed by atoms with Crippen LogP contribution in [-0.4, -0.2) is 37.1 Å². The van der Waals surface area contributed by atoms with E-state index in [-0.39, 0.29) is 0 Å². The van der Waals surface area contributed by atoms with Gasteiger partial charge in [-0.15, -0.1) is 0 Å². The third kappa shape index (κ3) is 16.0. The standard InChI is InChI=1S/C4H6O2.CH4O4S/c1-3-4(5)6-2;2-1-6(3,4)5/h3H,1H2,2H3;2H,1H2,(H,3,4,5). The van der Waals surface area contributed by atoms with Gasteiger partial charge in [-0.05, 0) is 0 Å². The lowest BCUT2D eigenvalue weighted by atomic mass is 10.7. The first-order valence-electron chi connectivity index (χ1n) is 2.63. The van der Waals surface area contributed by atoms with Crippen LogP contribution in [0.4, 0.5) is 0 Å². The third-order valence-corrected chi connectivity index (χ3v) is 0.857. The van der Waals surface area contributed by atoms with E-state index in [1.54, 1.807) is 0 Å². The molecule has 0 saturated heterocycles. The highest BCUT2D eigenvalue weighted by molar-refractivity contribution is 7.85. The fourth-order valence-corrected chi connectivity index (χ4v) is 0.0833. The molecule has 7 heteroatoms. The van der Waals surface area contributed by atoms with Crippen LogP contribution in [0.15, 0.2) is 12.7 Å². The molecule has 0 heterocycles. The van der Waals surface area contributed by atoms with Crippen molar-refractivity contribution in [3.8, 4) is 0 Å². The molecule has 0 aliphatic carbocycles. The van der Waals surface area contributed by atoms with Crippen LogP contribution < -0.4 is 0 Å². The fraction of sp³-hybridized carbons (Fsp3) is 0.400. The molecule has 0 rings (SSSR count). The largest absolute Gasteiger partial charge is 0.466 e. The van der Waals surface area contributed by atoms with Gasteiger partial charge in [0.2, 0.25) is 0 Å². The number of carbonyl (C=O) groups excluding carboxylic acids is 1. The number of hydrogen-bond acceptors (Lipinski definition) is 5. The maximum absolute atomic E-state index is 9.84. The van der Waals surface area contributed by atoms with E-state index >= 15 is 0 Å². The summed E-state index contributed by atoms with van der Waals surface area (Å²) in [5.41, 5.74) is 0. The average molecular weight is 198 g/mol. The topological polar surface area (TPSA) is 101 Å². The van der Waals surface area contributed by atoms with Crippen molar-refractivity contribution < 1.29 is 27.6 Å². The highest BCUT2D eigenvalue weighted by atomic mass is 32.2. The van der Waals surface area contributed by atoms with Crippen molar-refractivity contribution in [2.24, 2.45) is 0 Å². The Bertz CT molecular complexity index is 228. The Morgan fingerprint density at radius 3 is 2.00 bits per heavy atom. The Morgan fingerprint density at radius 1 is 1.67 bits per heavy atom. The van der Waals surface area contributed by atoms with Gasteiger partial charge in [-0.1, -0.05) is 6.58 Å². The summed E-state index contributed by atoms with van der Waals surface area (Å²) in [7, 11) is -2.80. The third-order valence-electron chi connectivity index (χ3n) is 0.531. The predicted molar refractivity (Wildman–Crippen MR) is 40.8 cm³/mol. The second-order valence-electron chi connectivity index (χ2n) is 1.44. The Balaban J connectivity index is 0. The van der Waals surface area contributed by atoms with Crippen LogP contribution in [0.2, 0.25) is 0 Å². The first-order valence-corrected chi connectivity index (χ1v) is 4.24. The molecular formula is C5H10O6S. The second kappa shape index (κ2) is 6.77. The zero-order valence-corrected chi connectivity index (χ0v) is 7.24. The van der Waals surface area contributed by atoms with Crippen molar-refractivity contribution in [2.45, 2.75) is 0 Å². The minimum atomic E-state index is -4.11. The fourth-order valence-electron chi connectivity index (χ4n) is 0.0833. The lowest BCUT2D eigenvalue weighted by Gasteiger charge is -1.83. The van der Waals surface area contributed by atoms with Gasteiger partial charge in [0.25, 0.3) is 10.1 Å². The molecule has 6 nitrogen and oxygen atoms in total. The monoisotopic (exact) mass is 198 g/mol. The molecule has 0 aliphatic rings. The molecule has 2 N–H and O–H groups in total. The molecule has 0 spiro atoms. The first-order chi connectivity index (χ1) is 5.37. The van der Waals surface area contributed by atoms with E-state index in [0.717, 1.165) is 6.08 Å². The maximum atomic E-state index is 9.84. The molecular weight excluding hydrogens is 188 g/mol. The SMILES string of the molecule is C=CC(=O)OC.O=S(=O)(O)CO. The average Bonchev–Trinajstić information content (AvgIpc) is 2.03. The van der Waals surface area contributed by atoms with E-state index in [2.05, 4.69) is 11.3 Å². The van der Waals surface area contributed by atoms with E-state index in [0.29, 0.717) is 0 Å². The molecule has 0 aliphatic heterocycles. The number of esters is 1. The number of aliphatic hydroxyl groups is 1. The van der Waals surface area contributed by atoms with Gasteiger partial charge in [0.1, 0.15) is 0 Å². The summed E-state index contributed by atoms with van der Waals surface area (Å²) in [6.07, 6.45) is 1.11. The molecule has 72 valence electrons. The molecule has 0 aromatic carbocycles. The lowest BCUT2D eigenvalue weighted by molar-refractivity contribution is -0.134. The van der Waals surface area contributed by atoms with Crippen LogP contribution >= 0.6 is 0 Å². The van der Waals surface area contributed by atoms with Crippen LogP contribution in [0.1, 0.15) is 0 Å². The van der Waals surface area contributed by atoms with Crippen molar-refractivity contribution in [1.29, 1.82) is 0 Å². The summed E-state index contributed by atoms with van der Waals surface area (Å²) in [6.45, 7) is 3.16. The number of carbonyl (C=O) groups is 1. The van der Waals surface area contributed by atoms with Gasteiger partial charge in [0, 0.05) is 6.08 Å². The van der Waals surface area contributed by atoms with E-state index in [1.165, 1.54) is 7.11 Å². The van der Waals surface area contributed by atoms with Gasteiger partial charge in [0.15, 0.2) is 5.94 Å². The van der Waals surface area contributed by atoms with E-state index in [9.17, 15) is 13.2 Å². The minimum Gasteiger partial charge on any atom is -0.466 e. The number of ether oxygens (including phenoxy) is 1. The molecule has 0 bridgehead atoms. The number of methoxy groups -OCH3 is 1. The summed E-state index contributed by atoms with van der Waals surface area (Å²) >= 11 is 0. The molecule has 0 aromatic rings.